The second-order valence-corrected chi connectivity index (χ2v) is 8.29. The van der Waals surface area contributed by atoms with Crippen molar-refractivity contribution in [2.24, 2.45) is 0 Å². The third kappa shape index (κ3) is 7.10. The van der Waals surface area contributed by atoms with Gasteiger partial charge in [-0.1, -0.05) is 26.2 Å². The first-order valence-corrected chi connectivity index (χ1v) is 10.8. The van der Waals surface area contributed by atoms with Gasteiger partial charge in [0, 0.05) is 24.1 Å². The summed E-state index contributed by atoms with van der Waals surface area (Å²) in [4.78, 5) is 7.84. The number of thiocarbonyl (C=S) groups is 1. The fourth-order valence-electron chi connectivity index (χ4n) is 2.41. The van der Waals surface area contributed by atoms with E-state index < -0.39 is 10.0 Å². The van der Waals surface area contributed by atoms with Gasteiger partial charge >= 0.3 is 0 Å². The van der Waals surface area contributed by atoms with Gasteiger partial charge in [0.05, 0.1) is 4.90 Å². The third-order valence-corrected chi connectivity index (χ3v) is 5.40. The van der Waals surface area contributed by atoms with Crippen molar-refractivity contribution in [3.05, 3.63) is 42.7 Å². The average molecular weight is 408 g/mol. The number of benzene rings is 1. The maximum Gasteiger partial charge on any atom is 0.264 e. The Hall–Kier alpha value is -2.26. The molecule has 27 heavy (non-hydrogen) atoms. The van der Waals surface area contributed by atoms with Crippen molar-refractivity contribution in [2.75, 3.05) is 10.0 Å². The normalized spacial score (nSPS) is 12.2. The van der Waals surface area contributed by atoms with Crippen molar-refractivity contribution in [3.63, 3.8) is 0 Å². The van der Waals surface area contributed by atoms with Gasteiger partial charge in [-0.2, -0.15) is 0 Å². The van der Waals surface area contributed by atoms with E-state index in [4.69, 9.17) is 12.2 Å². The number of rotatable bonds is 9. The van der Waals surface area contributed by atoms with Crippen LogP contribution in [0.4, 0.5) is 11.6 Å². The molecule has 9 heteroatoms. The Morgan fingerprint density at radius 1 is 1.15 bits per heavy atom. The zero-order valence-corrected chi connectivity index (χ0v) is 17.1. The summed E-state index contributed by atoms with van der Waals surface area (Å²) in [7, 11) is -3.74. The molecule has 1 heterocycles. The molecule has 0 spiro atoms. The minimum absolute atomic E-state index is 0.0298. The summed E-state index contributed by atoms with van der Waals surface area (Å²) >= 11 is 5.31. The van der Waals surface area contributed by atoms with Crippen molar-refractivity contribution in [1.29, 1.82) is 0 Å². The summed E-state index contributed by atoms with van der Waals surface area (Å²) in [6.45, 7) is 4.27. The van der Waals surface area contributed by atoms with Gasteiger partial charge in [-0.05, 0) is 55.9 Å². The SMILES string of the molecule is CCCCCC(C)NC(=S)Nc1ccc(S(=O)(=O)Nc2ncccn2)cc1. The zero-order chi connectivity index (χ0) is 19.7. The lowest BCUT2D eigenvalue weighted by Crippen LogP contribution is -2.35. The highest BCUT2D eigenvalue weighted by molar-refractivity contribution is 7.92. The van der Waals surface area contributed by atoms with Gasteiger partial charge in [0.15, 0.2) is 5.11 Å². The van der Waals surface area contributed by atoms with E-state index in [-0.39, 0.29) is 16.9 Å². The minimum atomic E-state index is -3.74. The molecule has 1 atom stereocenters. The molecule has 0 saturated heterocycles. The van der Waals surface area contributed by atoms with Crippen LogP contribution < -0.4 is 15.4 Å². The third-order valence-electron chi connectivity index (χ3n) is 3.83. The molecular formula is C18H25N5O2S2. The number of sulfonamides is 1. The Balaban J connectivity index is 1.91. The molecule has 146 valence electrons. The lowest BCUT2D eigenvalue weighted by atomic mass is 10.1. The number of nitrogens with one attached hydrogen (secondary N) is 3. The molecule has 2 rings (SSSR count). The molecule has 1 aromatic carbocycles. The molecule has 2 aromatic rings. The topological polar surface area (TPSA) is 96.0 Å². The van der Waals surface area contributed by atoms with E-state index in [1.807, 2.05) is 0 Å². The molecule has 0 bridgehead atoms. The zero-order valence-electron chi connectivity index (χ0n) is 15.5. The predicted molar refractivity (Wildman–Crippen MR) is 112 cm³/mol. The number of hydrogen-bond acceptors (Lipinski definition) is 5. The Morgan fingerprint density at radius 3 is 2.44 bits per heavy atom. The van der Waals surface area contributed by atoms with E-state index >= 15 is 0 Å². The summed E-state index contributed by atoms with van der Waals surface area (Å²) < 4.78 is 27.0. The molecule has 1 unspecified atom stereocenters. The van der Waals surface area contributed by atoms with Gasteiger partial charge in [-0.3, -0.25) is 0 Å². The Bertz CT molecular complexity index is 827. The highest BCUT2D eigenvalue weighted by Gasteiger charge is 2.15. The van der Waals surface area contributed by atoms with Crippen LogP contribution in [0.3, 0.4) is 0 Å². The summed E-state index contributed by atoms with van der Waals surface area (Å²) in [5.41, 5.74) is 0.711. The second-order valence-electron chi connectivity index (χ2n) is 6.20. The van der Waals surface area contributed by atoms with Crippen molar-refractivity contribution in [2.45, 2.75) is 50.5 Å². The molecule has 0 aliphatic heterocycles. The Morgan fingerprint density at radius 2 is 1.81 bits per heavy atom. The number of nitrogens with zero attached hydrogens (tertiary/aromatic N) is 2. The van der Waals surface area contributed by atoms with Gasteiger partial charge in [0.2, 0.25) is 5.95 Å². The van der Waals surface area contributed by atoms with E-state index in [9.17, 15) is 8.42 Å². The van der Waals surface area contributed by atoms with Crippen molar-refractivity contribution in [3.8, 4) is 0 Å². The van der Waals surface area contributed by atoms with Crippen LogP contribution in [0.15, 0.2) is 47.6 Å². The highest BCUT2D eigenvalue weighted by atomic mass is 32.2. The summed E-state index contributed by atoms with van der Waals surface area (Å²) in [5, 5.41) is 6.83. The lowest BCUT2D eigenvalue weighted by molar-refractivity contribution is 0.556. The lowest BCUT2D eigenvalue weighted by Gasteiger charge is -2.17. The van der Waals surface area contributed by atoms with Crippen LogP contribution in [0.5, 0.6) is 0 Å². The van der Waals surface area contributed by atoms with E-state index in [1.54, 1.807) is 18.2 Å². The molecule has 0 fully saturated rings. The monoisotopic (exact) mass is 407 g/mol. The molecular weight excluding hydrogens is 382 g/mol. The van der Waals surface area contributed by atoms with Gasteiger partial charge in [-0.25, -0.2) is 23.1 Å². The smallest absolute Gasteiger partial charge is 0.264 e. The Kier molecular flexibility index (Phi) is 7.93. The van der Waals surface area contributed by atoms with Crippen LogP contribution in [0, 0.1) is 0 Å². The molecule has 0 aliphatic carbocycles. The van der Waals surface area contributed by atoms with Crippen molar-refractivity contribution < 1.29 is 8.42 Å². The first-order chi connectivity index (χ1) is 12.9. The second kappa shape index (κ2) is 10.2. The van der Waals surface area contributed by atoms with E-state index in [2.05, 4.69) is 39.2 Å². The molecule has 7 nitrogen and oxygen atoms in total. The summed E-state index contributed by atoms with van der Waals surface area (Å²) in [6.07, 6.45) is 7.56. The van der Waals surface area contributed by atoms with Crippen LogP contribution in [-0.4, -0.2) is 29.5 Å². The number of anilines is 2. The molecule has 1 aromatic heterocycles. The number of unbranched alkanes of at least 4 members (excludes halogenated alkanes) is 2. The molecule has 0 amide bonds. The van der Waals surface area contributed by atoms with Crippen molar-refractivity contribution in [1.82, 2.24) is 15.3 Å². The highest BCUT2D eigenvalue weighted by Crippen LogP contribution is 2.16. The largest absolute Gasteiger partial charge is 0.360 e. The fourth-order valence-corrected chi connectivity index (χ4v) is 3.69. The van der Waals surface area contributed by atoms with Crippen LogP contribution in [0.25, 0.3) is 0 Å². The van der Waals surface area contributed by atoms with Gasteiger partial charge in [-0.15, -0.1) is 0 Å². The number of aromatic nitrogens is 2. The molecule has 0 radical (unpaired) electrons. The maximum atomic E-state index is 12.4. The van der Waals surface area contributed by atoms with Gasteiger partial charge < -0.3 is 10.6 Å². The van der Waals surface area contributed by atoms with Crippen LogP contribution >= 0.6 is 12.2 Å². The van der Waals surface area contributed by atoms with Crippen LogP contribution in [-0.2, 0) is 10.0 Å². The average Bonchev–Trinajstić information content (AvgIpc) is 2.62. The predicted octanol–water partition coefficient (Wildman–Crippen LogP) is 3.53. The van der Waals surface area contributed by atoms with Crippen LogP contribution in [0.1, 0.15) is 39.5 Å². The summed E-state index contributed by atoms with van der Waals surface area (Å²) in [6, 6.07) is 8.22. The van der Waals surface area contributed by atoms with E-state index in [1.165, 1.54) is 37.4 Å². The van der Waals surface area contributed by atoms with Crippen molar-refractivity contribution >= 4 is 39.0 Å². The Labute approximate surface area is 166 Å². The van der Waals surface area contributed by atoms with Gasteiger partial charge in [0.25, 0.3) is 10.0 Å². The van der Waals surface area contributed by atoms with E-state index in [0.717, 1.165) is 12.8 Å². The molecule has 0 aliphatic rings. The quantitative estimate of drug-likeness (QED) is 0.432. The molecule has 3 N–H and O–H groups in total. The standard InChI is InChI=1S/C18H25N5O2S2/c1-3-4-5-7-14(2)21-18(26)22-15-8-10-16(11-9-15)27(24,25)23-17-19-12-6-13-20-17/h6,8-14H,3-5,7H2,1-2H3,(H,19,20,23)(H2,21,22,26). The maximum absolute atomic E-state index is 12.4. The minimum Gasteiger partial charge on any atom is -0.360 e. The van der Waals surface area contributed by atoms with Crippen LogP contribution in [0.2, 0.25) is 0 Å². The van der Waals surface area contributed by atoms with E-state index in [0.29, 0.717) is 10.8 Å². The van der Waals surface area contributed by atoms with Gasteiger partial charge in [0.1, 0.15) is 0 Å². The first kappa shape index (κ1) is 21.0. The number of hydrogen-bond donors (Lipinski definition) is 3. The first-order valence-electron chi connectivity index (χ1n) is 8.88. The summed E-state index contributed by atoms with van der Waals surface area (Å²) in [5.74, 6) is 0.0298. The fraction of sp³-hybridized carbons (Fsp3) is 0.389. The molecule has 0 saturated carbocycles.